The molecule has 0 aliphatic carbocycles. The molecule has 1 heterocycles. The van der Waals surface area contributed by atoms with Crippen molar-refractivity contribution < 1.29 is 13.5 Å². The molecule has 2 aromatic carbocycles. The molecule has 0 radical (unpaired) electrons. The van der Waals surface area contributed by atoms with Crippen LogP contribution in [0.2, 0.25) is 0 Å². The van der Waals surface area contributed by atoms with Crippen LogP contribution in [0, 0.1) is 0 Å². The number of nitrogens with one attached hydrogen (secondary N) is 1. The number of hydrogen-bond acceptors (Lipinski definition) is 3. The van der Waals surface area contributed by atoms with Gasteiger partial charge in [0.2, 0.25) is 5.88 Å². The molecule has 0 unspecified atom stereocenters. The van der Waals surface area contributed by atoms with Gasteiger partial charge >= 0.3 is 10.2 Å². The summed E-state index contributed by atoms with van der Waals surface area (Å²) < 4.78 is 26.4. The number of rotatable bonds is 2. The van der Waals surface area contributed by atoms with Gasteiger partial charge in [-0.05, 0) is 22.4 Å². The Morgan fingerprint density at radius 1 is 1.11 bits per heavy atom. The van der Waals surface area contributed by atoms with Crippen LogP contribution in [-0.4, -0.2) is 17.8 Å². The lowest BCUT2D eigenvalue weighted by Crippen LogP contribution is -2.29. The molecular formula is C13H12N2O3S. The highest BCUT2D eigenvalue weighted by Gasteiger charge is 2.27. The summed E-state index contributed by atoms with van der Waals surface area (Å²) in [6.07, 6.45) is 1.17. The lowest BCUT2D eigenvalue weighted by Gasteiger charge is -2.14. The van der Waals surface area contributed by atoms with Crippen molar-refractivity contribution in [1.29, 1.82) is 0 Å². The lowest BCUT2D eigenvalue weighted by atomic mass is 10.1. The number of aliphatic hydroxyl groups excluding tert-OH is 1. The highest BCUT2D eigenvalue weighted by atomic mass is 32.2. The summed E-state index contributed by atoms with van der Waals surface area (Å²) in [5.41, 5.74) is 0.857. The first-order chi connectivity index (χ1) is 9.04. The minimum Gasteiger partial charge on any atom is -0.493 e. The van der Waals surface area contributed by atoms with Crippen LogP contribution in [0.4, 0.5) is 0 Å². The zero-order valence-corrected chi connectivity index (χ0v) is 10.8. The maximum Gasteiger partial charge on any atom is 0.326 e. The molecule has 19 heavy (non-hydrogen) atoms. The Balaban J connectivity index is 1.94. The van der Waals surface area contributed by atoms with Crippen molar-refractivity contribution in [2.45, 2.75) is 6.54 Å². The third-order valence-electron chi connectivity index (χ3n) is 2.96. The van der Waals surface area contributed by atoms with E-state index in [1.165, 1.54) is 6.20 Å². The van der Waals surface area contributed by atoms with Gasteiger partial charge in [0.1, 0.15) is 0 Å². The third kappa shape index (κ3) is 2.22. The van der Waals surface area contributed by atoms with Gasteiger partial charge in [-0.2, -0.15) is 8.42 Å². The maximum absolute atomic E-state index is 11.6. The van der Waals surface area contributed by atoms with Gasteiger partial charge in [0.25, 0.3) is 0 Å². The molecule has 1 aliphatic rings. The van der Waals surface area contributed by atoms with Gasteiger partial charge < -0.3 is 5.11 Å². The fourth-order valence-electron chi connectivity index (χ4n) is 2.07. The van der Waals surface area contributed by atoms with E-state index in [0.29, 0.717) is 0 Å². The van der Waals surface area contributed by atoms with E-state index in [1.54, 1.807) is 0 Å². The van der Waals surface area contributed by atoms with Gasteiger partial charge in [-0.15, -0.1) is 0 Å². The summed E-state index contributed by atoms with van der Waals surface area (Å²) in [6, 6.07) is 13.6. The van der Waals surface area contributed by atoms with E-state index in [2.05, 4.69) is 0 Å². The molecule has 0 atom stereocenters. The molecule has 0 spiro atoms. The van der Waals surface area contributed by atoms with Gasteiger partial charge in [-0.25, -0.2) is 4.72 Å². The number of fused-ring (bicyclic) bond motifs is 1. The van der Waals surface area contributed by atoms with Crippen LogP contribution in [0.1, 0.15) is 5.56 Å². The molecule has 0 bridgehead atoms. The molecule has 0 aromatic heterocycles. The SMILES string of the molecule is O=S1(=O)NC(O)=CN1Cc1ccc2ccccc2c1. The van der Waals surface area contributed by atoms with E-state index in [-0.39, 0.29) is 12.4 Å². The summed E-state index contributed by atoms with van der Waals surface area (Å²) >= 11 is 0. The fourth-order valence-corrected chi connectivity index (χ4v) is 3.06. The highest BCUT2D eigenvalue weighted by Crippen LogP contribution is 2.19. The number of nitrogens with zero attached hydrogens (tertiary/aromatic N) is 1. The number of hydrogen-bond donors (Lipinski definition) is 2. The largest absolute Gasteiger partial charge is 0.493 e. The summed E-state index contributed by atoms with van der Waals surface area (Å²) in [4.78, 5) is 0. The van der Waals surface area contributed by atoms with E-state index >= 15 is 0 Å². The zero-order valence-electron chi connectivity index (χ0n) is 9.95. The Hall–Kier alpha value is -2.21. The van der Waals surface area contributed by atoms with Crippen molar-refractivity contribution in [3.8, 4) is 0 Å². The Labute approximate surface area is 111 Å². The lowest BCUT2D eigenvalue weighted by molar-refractivity contribution is 0.390. The monoisotopic (exact) mass is 276 g/mol. The first kappa shape index (κ1) is 11.9. The Kier molecular flexibility index (Phi) is 2.60. The normalized spacial score (nSPS) is 17.3. The molecule has 0 amide bonds. The van der Waals surface area contributed by atoms with Crippen molar-refractivity contribution in [1.82, 2.24) is 9.03 Å². The summed E-state index contributed by atoms with van der Waals surface area (Å²) in [7, 11) is -3.65. The first-order valence-electron chi connectivity index (χ1n) is 5.73. The summed E-state index contributed by atoms with van der Waals surface area (Å²) in [6.45, 7) is 0.185. The fraction of sp³-hybridized carbons (Fsp3) is 0.0769. The van der Waals surface area contributed by atoms with Crippen LogP contribution < -0.4 is 4.72 Å². The molecule has 2 aromatic rings. The van der Waals surface area contributed by atoms with E-state index in [1.807, 2.05) is 47.2 Å². The molecule has 3 rings (SSSR count). The number of benzene rings is 2. The van der Waals surface area contributed by atoms with Gasteiger partial charge in [-0.1, -0.05) is 36.4 Å². The predicted molar refractivity (Wildman–Crippen MR) is 72.3 cm³/mol. The molecule has 2 N–H and O–H groups in total. The second-order valence-corrected chi connectivity index (χ2v) is 5.97. The van der Waals surface area contributed by atoms with Gasteiger partial charge in [-0.3, -0.25) is 4.31 Å². The van der Waals surface area contributed by atoms with Crippen LogP contribution in [-0.2, 0) is 16.8 Å². The highest BCUT2D eigenvalue weighted by molar-refractivity contribution is 7.87. The van der Waals surface area contributed by atoms with Crippen LogP contribution in [0.5, 0.6) is 0 Å². The standard InChI is InChI=1S/C13H12N2O3S/c16-13-9-15(19(17,18)14-13)8-10-5-6-11-3-1-2-4-12(11)7-10/h1-7,9,14,16H,8H2. The van der Waals surface area contributed by atoms with Gasteiger partial charge in [0.15, 0.2) is 0 Å². The Morgan fingerprint density at radius 2 is 1.84 bits per heavy atom. The number of aliphatic hydroxyl groups is 1. The van der Waals surface area contributed by atoms with Crippen molar-refractivity contribution in [3.05, 3.63) is 60.1 Å². The zero-order chi connectivity index (χ0) is 13.5. The van der Waals surface area contributed by atoms with E-state index in [4.69, 9.17) is 0 Å². The van der Waals surface area contributed by atoms with E-state index in [9.17, 15) is 13.5 Å². The first-order valence-corrected chi connectivity index (χ1v) is 7.17. The molecule has 0 fully saturated rings. The average molecular weight is 276 g/mol. The van der Waals surface area contributed by atoms with Crippen LogP contribution in [0.15, 0.2) is 54.5 Å². The molecule has 98 valence electrons. The van der Waals surface area contributed by atoms with Crippen LogP contribution >= 0.6 is 0 Å². The molecule has 0 saturated carbocycles. The topological polar surface area (TPSA) is 69.6 Å². The molecule has 1 aliphatic heterocycles. The minimum atomic E-state index is -3.65. The molecule has 6 heteroatoms. The molecule has 0 saturated heterocycles. The Morgan fingerprint density at radius 3 is 2.53 bits per heavy atom. The minimum absolute atomic E-state index is 0.185. The molecule has 5 nitrogen and oxygen atoms in total. The summed E-state index contributed by atoms with van der Waals surface area (Å²) in [5, 5.41) is 11.4. The van der Waals surface area contributed by atoms with Crippen LogP contribution in [0.3, 0.4) is 0 Å². The second kappa shape index (κ2) is 4.17. The third-order valence-corrected chi connectivity index (χ3v) is 4.28. The van der Waals surface area contributed by atoms with E-state index < -0.39 is 10.2 Å². The van der Waals surface area contributed by atoms with Crippen LogP contribution in [0.25, 0.3) is 10.8 Å². The van der Waals surface area contributed by atoms with E-state index in [0.717, 1.165) is 20.6 Å². The van der Waals surface area contributed by atoms with Gasteiger partial charge in [0.05, 0.1) is 12.7 Å². The molecular weight excluding hydrogens is 264 g/mol. The quantitative estimate of drug-likeness (QED) is 0.879. The maximum atomic E-state index is 11.6. The van der Waals surface area contributed by atoms with Crippen molar-refractivity contribution in [2.75, 3.05) is 0 Å². The van der Waals surface area contributed by atoms with Crippen molar-refractivity contribution >= 4 is 21.0 Å². The summed E-state index contributed by atoms with van der Waals surface area (Å²) in [5.74, 6) is -0.360. The Bertz CT molecular complexity index is 768. The van der Waals surface area contributed by atoms with Crippen molar-refractivity contribution in [3.63, 3.8) is 0 Å². The average Bonchev–Trinajstić information content (AvgIpc) is 2.62. The van der Waals surface area contributed by atoms with Gasteiger partial charge in [0, 0.05) is 0 Å². The predicted octanol–water partition coefficient (Wildman–Crippen LogP) is 1.85. The van der Waals surface area contributed by atoms with Crippen molar-refractivity contribution in [2.24, 2.45) is 0 Å². The smallest absolute Gasteiger partial charge is 0.326 e. The second-order valence-electron chi connectivity index (χ2n) is 4.35.